The van der Waals surface area contributed by atoms with Crippen LogP contribution in [0.5, 0.6) is 5.75 Å². The summed E-state index contributed by atoms with van der Waals surface area (Å²) in [5, 5.41) is 3.77. The zero-order chi connectivity index (χ0) is 13.2. The van der Waals surface area contributed by atoms with Gasteiger partial charge in [0.05, 0.1) is 6.61 Å². The molecule has 0 amide bonds. The van der Waals surface area contributed by atoms with Crippen LogP contribution in [0.2, 0.25) is 0 Å². The standard InChI is InChI=1S/C16H24N2O/c1-12-10-18(2)8-7-15(12)17-9-13-11-19-16-6-4-3-5-14(13)16/h3-6,12-13,15,17H,7-11H2,1-2H3. The fourth-order valence-electron chi connectivity index (χ4n) is 3.35. The van der Waals surface area contributed by atoms with E-state index in [2.05, 4.69) is 42.4 Å². The lowest BCUT2D eigenvalue weighted by molar-refractivity contribution is 0.172. The quantitative estimate of drug-likeness (QED) is 0.900. The number of hydrogen-bond acceptors (Lipinski definition) is 3. The Morgan fingerprint density at radius 2 is 2.21 bits per heavy atom. The van der Waals surface area contributed by atoms with Crippen LogP contribution in [0.3, 0.4) is 0 Å². The highest BCUT2D eigenvalue weighted by molar-refractivity contribution is 5.39. The van der Waals surface area contributed by atoms with E-state index in [9.17, 15) is 0 Å². The zero-order valence-electron chi connectivity index (χ0n) is 11.9. The van der Waals surface area contributed by atoms with Crippen LogP contribution in [-0.2, 0) is 0 Å². The molecule has 0 saturated carbocycles. The first-order chi connectivity index (χ1) is 9.24. The van der Waals surface area contributed by atoms with Gasteiger partial charge < -0.3 is 15.0 Å². The van der Waals surface area contributed by atoms with E-state index in [1.807, 2.05) is 6.07 Å². The van der Waals surface area contributed by atoms with Gasteiger partial charge in [-0.05, 0) is 32.0 Å². The first-order valence-electron chi connectivity index (χ1n) is 7.37. The van der Waals surface area contributed by atoms with Gasteiger partial charge in [0.15, 0.2) is 0 Å². The van der Waals surface area contributed by atoms with Crippen molar-refractivity contribution in [2.45, 2.75) is 25.3 Å². The predicted molar refractivity (Wildman–Crippen MR) is 77.7 cm³/mol. The van der Waals surface area contributed by atoms with Gasteiger partial charge in [-0.15, -0.1) is 0 Å². The summed E-state index contributed by atoms with van der Waals surface area (Å²) in [5.74, 6) is 2.32. The second-order valence-corrected chi connectivity index (χ2v) is 6.09. The van der Waals surface area contributed by atoms with E-state index in [-0.39, 0.29) is 0 Å². The molecule has 1 N–H and O–H groups in total. The predicted octanol–water partition coefficient (Wildman–Crippen LogP) is 2.09. The van der Waals surface area contributed by atoms with Gasteiger partial charge in [-0.3, -0.25) is 0 Å². The Balaban J connectivity index is 1.56. The second-order valence-electron chi connectivity index (χ2n) is 6.09. The molecule has 0 spiro atoms. The number of hydrogen-bond donors (Lipinski definition) is 1. The summed E-state index contributed by atoms with van der Waals surface area (Å²) >= 11 is 0. The number of likely N-dealkylation sites (tertiary alicyclic amines) is 1. The average molecular weight is 260 g/mol. The molecule has 3 atom stereocenters. The van der Waals surface area contributed by atoms with Gasteiger partial charge in [0.25, 0.3) is 0 Å². The molecule has 0 radical (unpaired) electrons. The second kappa shape index (κ2) is 5.51. The number of ether oxygens (including phenoxy) is 1. The number of nitrogens with one attached hydrogen (secondary N) is 1. The SMILES string of the molecule is CC1CN(C)CCC1NCC1COc2ccccc21. The lowest BCUT2D eigenvalue weighted by Crippen LogP contribution is -2.48. The minimum absolute atomic E-state index is 0.517. The minimum atomic E-state index is 0.517. The summed E-state index contributed by atoms with van der Waals surface area (Å²) in [7, 11) is 2.22. The third-order valence-corrected chi connectivity index (χ3v) is 4.53. The fourth-order valence-corrected chi connectivity index (χ4v) is 3.35. The number of piperidine rings is 1. The molecule has 0 aromatic heterocycles. The third-order valence-electron chi connectivity index (χ3n) is 4.53. The van der Waals surface area contributed by atoms with Crippen molar-refractivity contribution >= 4 is 0 Å². The van der Waals surface area contributed by atoms with E-state index in [0.29, 0.717) is 12.0 Å². The number of fused-ring (bicyclic) bond motifs is 1. The van der Waals surface area contributed by atoms with Gasteiger partial charge in [0, 0.05) is 30.6 Å². The highest BCUT2D eigenvalue weighted by Gasteiger charge is 2.27. The third kappa shape index (κ3) is 2.77. The summed E-state index contributed by atoms with van der Waals surface area (Å²) in [4.78, 5) is 2.43. The number of rotatable bonds is 3. The number of benzene rings is 1. The highest BCUT2D eigenvalue weighted by atomic mass is 16.5. The van der Waals surface area contributed by atoms with Crippen molar-refractivity contribution in [3.63, 3.8) is 0 Å². The van der Waals surface area contributed by atoms with Crippen LogP contribution in [0.4, 0.5) is 0 Å². The van der Waals surface area contributed by atoms with Crippen LogP contribution in [0, 0.1) is 5.92 Å². The molecule has 1 aromatic carbocycles. The number of para-hydroxylation sites is 1. The van der Waals surface area contributed by atoms with Crippen molar-refractivity contribution in [1.82, 2.24) is 10.2 Å². The fraction of sp³-hybridized carbons (Fsp3) is 0.625. The van der Waals surface area contributed by atoms with E-state index < -0.39 is 0 Å². The van der Waals surface area contributed by atoms with Crippen LogP contribution in [0.15, 0.2) is 24.3 Å². The molecule has 3 unspecified atom stereocenters. The summed E-state index contributed by atoms with van der Waals surface area (Å²) in [6.45, 7) is 6.63. The van der Waals surface area contributed by atoms with E-state index in [4.69, 9.17) is 4.74 Å². The van der Waals surface area contributed by atoms with Gasteiger partial charge in [-0.2, -0.15) is 0 Å². The summed E-state index contributed by atoms with van der Waals surface area (Å²) in [6.07, 6.45) is 1.26. The lowest BCUT2D eigenvalue weighted by Gasteiger charge is -2.35. The van der Waals surface area contributed by atoms with Crippen LogP contribution >= 0.6 is 0 Å². The van der Waals surface area contributed by atoms with Crippen molar-refractivity contribution in [2.24, 2.45) is 5.92 Å². The molecule has 104 valence electrons. The molecule has 19 heavy (non-hydrogen) atoms. The molecule has 0 aliphatic carbocycles. The zero-order valence-corrected chi connectivity index (χ0v) is 11.9. The van der Waals surface area contributed by atoms with E-state index in [0.717, 1.165) is 24.8 Å². The van der Waals surface area contributed by atoms with Crippen molar-refractivity contribution in [3.05, 3.63) is 29.8 Å². The van der Waals surface area contributed by atoms with Crippen molar-refractivity contribution in [1.29, 1.82) is 0 Å². The lowest BCUT2D eigenvalue weighted by atomic mass is 9.93. The Morgan fingerprint density at radius 1 is 1.37 bits per heavy atom. The molecular weight excluding hydrogens is 236 g/mol. The van der Waals surface area contributed by atoms with Crippen LogP contribution in [-0.4, -0.2) is 44.2 Å². The molecule has 2 aliphatic heterocycles. The van der Waals surface area contributed by atoms with E-state index in [1.54, 1.807) is 0 Å². The summed E-state index contributed by atoms with van der Waals surface area (Å²) in [5.41, 5.74) is 1.37. The maximum absolute atomic E-state index is 5.75. The van der Waals surface area contributed by atoms with Gasteiger partial charge in [0.2, 0.25) is 0 Å². The van der Waals surface area contributed by atoms with Gasteiger partial charge in [0.1, 0.15) is 5.75 Å². The molecular formula is C16H24N2O. The molecule has 3 nitrogen and oxygen atoms in total. The first-order valence-corrected chi connectivity index (χ1v) is 7.37. The van der Waals surface area contributed by atoms with Gasteiger partial charge in [-0.25, -0.2) is 0 Å². The van der Waals surface area contributed by atoms with Crippen LogP contribution < -0.4 is 10.1 Å². The highest BCUT2D eigenvalue weighted by Crippen LogP contribution is 2.33. The van der Waals surface area contributed by atoms with Gasteiger partial charge in [-0.1, -0.05) is 25.1 Å². The largest absolute Gasteiger partial charge is 0.493 e. The van der Waals surface area contributed by atoms with Crippen molar-refractivity contribution < 1.29 is 4.74 Å². The maximum atomic E-state index is 5.75. The Hall–Kier alpha value is -1.06. The Morgan fingerprint density at radius 3 is 3.05 bits per heavy atom. The van der Waals surface area contributed by atoms with Crippen LogP contribution in [0.25, 0.3) is 0 Å². The first kappa shape index (κ1) is 12.9. The molecule has 3 heteroatoms. The normalized spacial score (nSPS) is 30.9. The maximum Gasteiger partial charge on any atom is 0.122 e. The Labute approximate surface area is 115 Å². The number of nitrogens with zero attached hydrogens (tertiary/aromatic N) is 1. The Bertz CT molecular complexity index is 435. The monoisotopic (exact) mass is 260 g/mol. The van der Waals surface area contributed by atoms with Crippen LogP contribution in [0.1, 0.15) is 24.8 Å². The summed E-state index contributed by atoms with van der Waals surface area (Å²) < 4.78 is 5.75. The smallest absolute Gasteiger partial charge is 0.122 e. The molecule has 3 rings (SSSR count). The summed E-state index contributed by atoms with van der Waals surface area (Å²) in [6, 6.07) is 9.09. The molecule has 1 fully saturated rings. The molecule has 1 saturated heterocycles. The minimum Gasteiger partial charge on any atom is -0.493 e. The van der Waals surface area contributed by atoms with Crippen molar-refractivity contribution in [3.8, 4) is 5.75 Å². The topological polar surface area (TPSA) is 24.5 Å². The van der Waals surface area contributed by atoms with E-state index in [1.165, 1.54) is 25.1 Å². The van der Waals surface area contributed by atoms with E-state index >= 15 is 0 Å². The Kier molecular flexibility index (Phi) is 3.76. The van der Waals surface area contributed by atoms with Crippen molar-refractivity contribution in [2.75, 3.05) is 33.3 Å². The molecule has 2 aliphatic rings. The van der Waals surface area contributed by atoms with Gasteiger partial charge >= 0.3 is 0 Å². The molecule has 0 bridgehead atoms. The average Bonchev–Trinajstić information content (AvgIpc) is 2.81. The molecule has 1 aromatic rings. The molecule has 2 heterocycles.